The monoisotopic (exact) mass is 581 g/mol. The Labute approximate surface area is 214 Å². The first-order valence-electron chi connectivity index (χ1n) is 11.3. The van der Waals surface area contributed by atoms with E-state index in [1.165, 1.54) is 0 Å². The number of aliphatic hydroxyl groups excluding tert-OH is 1. The van der Waals surface area contributed by atoms with Crippen LogP contribution in [-0.4, -0.2) is 86.9 Å². The van der Waals surface area contributed by atoms with E-state index in [0.717, 1.165) is 29.9 Å². The van der Waals surface area contributed by atoms with Crippen LogP contribution in [-0.2, 0) is 20.5 Å². The van der Waals surface area contributed by atoms with Crippen molar-refractivity contribution in [1.82, 2.24) is 9.80 Å². The fourth-order valence-electron chi connectivity index (χ4n) is 3.85. The summed E-state index contributed by atoms with van der Waals surface area (Å²) in [5.74, 6) is 0.317. The second-order valence-corrected chi connectivity index (χ2v) is 8.92. The highest BCUT2D eigenvalue weighted by molar-refractivity contribution is 14.1. The van der Waals surface area contributed by atoms with Crippen LogP contribution in [0.3, 0.4) is 0 Å². The Morgan fingerprint density at radius 3 is 2.68 bits per heavy atom. The van der Waals surface area contributed by atoms with Gasteiger partial charge >= 0.3 is 0 Å². The van der Waals surface area contributed by atoms with Gasteiger partial charge in [-0.15, -0.1) is 0 Å². The Balaban J connectivity index is 1.84. The Kier molecular flexibility index (Phi) is 10.1. The third kappa shape index (κ3) is 6.68. The van der Waals surface area contributed by atoms with E-state index in [0.29, 0.717) is 35.4 Å². The van der Waals surface area contributed by atoms with Crippen LogP contribution in [0.25, 0.3) is 0 Å². The number of carbonyl (C=O) groups excluding carboxylic acids is 2. The van der Waals surface area contributed by atoms with Crippen molar-refractivity contribution in [2.45, 2.75) is 11.0 Å². The predicted molar refractivity (Wildman–Crippen MR) is 140 cm³/mol. The number of carbonyl (C=O) groups is 2. The number of para-hydroxylation sites is 1. The normalized spacial score (nSPS) is 13.7. The van der Waals surface area contributed by atoms with Gasteiger partial charge in [0.2, 0.25) is 5.91 Å². The van der Waals surface area contributed by atoms with Gasteiger partial charge in [-0.3, -0.25) is 14.5 Å². The summed E-state index contributed by atoms with van der Waals surface area (Å²) >= 11 is 2.21. The number of halogens is 1. The zero-order valence-electron chi connectivity index (χ0n) is 19.7. The summed E-state index contributed by atoms with van der Waals surface area (Å²) in [4.78, 5) is 32.5. The molecule has 9 heteroatoms. The largest absolute Gasteiger partial charge is 0.491 e. The SMILES string of the molecule is COCCN(C)CCN1Cc2ccccc2N(C(=O)c2ccc(OCCO)cc2CI)CC1=O. The minimum atomic E-state index is -0.208. The summed E-state index contributed by atoms with van der Waals surface area (Å²) in [6.45, 7) is 3.29. The van der Waals surface area contributed by atoms with E-state index in [9.17, 15) is 9.59 Å². The minimum Gasteiger partial charge on any atom is -0.491 e. The molecule has 0 saturated heterocycles. The molecular weight excluding hydrogens is 549 g/mol. The minimum absolute atomic E-state index is 0.0128. The summed E-state index contributed by atoms with van der Waals surface area (Å²) in [6, 6.07) is 13.0. The Morgan fingerprint density at radius 1 is 1.15 bits per heavy atom. The van der Waals surface area contributed by atoms with E-state index in [-0.39, 0.29) is 31.6 Å². The zero-order chi connectivity index (χ0) is 24.5. The van der Waals surface area contributed by atoms with E-state index in [4.69, 9.17) is 14.6 Å². The number of rotatable bonds is 11. The number of ether oxygens (including phenoxy) is 2. The summed E-state index contributed by atoms with van der Waals surface area (Å²) in [5, 5.41) is 9.01. The highest BCUT2D eigenvalue weighted by Gasteiger charge is 2.30. The quantitative estimate of drug-likeness (QED) is 0.325. The van der Waals surface area contributed by atoms with E-state index < -0.39 is 0 Å². The summed E-state index contributed by atoms with van der Waals surface area (Å²) < 4.78 is 11.2. The van der Waals surface area contributed by atoms with E-state index in [1.807, 2.05) is 42.3 Å². The lowest BCUT2D eigenvalue weighted by molar-refractivity contribution is -0.130. The lowest BCUT2D eigenvalue weighted by Gasteiger charge is -2.25. The number of methoxy groups -OCH3 is 1. The fourth-order valence-corrected chi connectivity index (χ4v) is 4.48. The molecule has 0 atom stereocenters. The Morgan fingerprint density at radius 2 is 1.94 bits per heavy atom. The van der Waals surface area contributed by atoms with Gasteiger partial charge in [0.15, 0.2) is 0 Å². The molecule has 3 rings (SSSR count). The van der Waals surface area contributed by atoms with Crippen molar-refractivity contribution in [3.05, 3.63) is 59.2 Å². The van der Waals surface area contributed by atoms with Crippen molar-refractivity contribution in [2.75, 3.05) is 65.1 Å². The number of alkyl halides is 1. The number of fused-ring (bicyclic) bond motifs is 1. The third-order valence-corrected chi connectivity index (χ3v) is 6.60. The van der Waals surface area contributed by atoms with Gasteiger partial charge in [0.25, 0.3) is 5.91 Å². The molecule has 0 radical (unpaired) electrons. The van der Waals surface area contributed by atoms with E-state index >= 15 is 0 Å². The van der Waals surface area contributed by atoms with E-state index in [2.05, 4.69) is 27.5 Å². The number of aliphatic hydroxyl groups is 1. The molecule has 0 fully saturated rings. The number of benzene rings is 2. The van der Waals surface area contributed by atoms with E-state index in [1.54, 1.807) is 24.1 Å². The van der Waals surface area contributed by atoms with Crippen LogP contribution in [0.4, 0.5) is 5.69 Å². The third-order valence-electron chi connectivity index (χ3n) is 5.77. The van der Waals surface area contributed by atoms with Gasteiger partial charge in [-0.2, -0.15) is 0 Å². The van der Waals surface area contributed by atoms with Crippen molar-refractivity contribution >= 4 is 40.1 Å². The molecule has 1 aliphatic heterocycles. The van der Waals surface area contributed by atoms with Crippen LogP contribution < -0.4 is 9.64 Å². The smallest absolute Gasteiger partial charge is 0.259 e. The van der Waals surface area contributed by atoms with Crippen molar-refractivity contribution in [2.24, 2.45) is 0 Å². The molecular formula is C25H32IN3O5. The molecule has 0 unspecified atom stereocenters. The fraction of sp³-hybridized carbons (Fsp3) is 0.440. The topological polar surface area (TPSA) is 82.6 Å². The van der Waals surface area contributed by atoms with Crippen LogP contribution in [0.1, 0.15) is 21.5 Å². The highest BCUT2D eigenvalue weighted by Crippen LogP contribution is 2.29. The molecule has 184 valence electrons. The van der Waals surface area contributed by atoms with Gasteiger partial charge in [-0.1, -0.05) is 40.8 Å². The average Bonchev–Trinajstić information content (AvgIpc) is 3.00. The van der Waals surface area contributed by atoms with Crippen LogP contribution in [0.2, 0.25) is 0 Å². The Hall–Kier alpha value is -2.21. The predicted octanol–water partition coefficient (Wildman–Crippen LogP) is 2.56. The molecule has 2 amide bonds. The molecule has 0 spiro atoms. The maximum atomic E-state index is 13.7. The van der Waals surface area contributed by atoms with Crippen molar-refractivity contribution in [1.29, 1.82) is 0 Å². The van der Waals surface area contributed by atoms with Crippen LogP contribution in [0.15, 0.2) is 42.5 Å². The van der Waals surface area contributed by atoms with Gasteiger partial charge in [0.1, 0.15) is 18.9 Å². The van der Waals surface area contributed by atoms with Crippen LogP contribution in [0, 0.1) is 0 Å². The van der Waals surface area contributed by atoms with Gasteiger partial charge in [0.05, 0.1) is 13.2 Å². The summed E-state index contributed by atoms with van der Waals surface area (Å²) in [6.07, 6.45) is 0. The molecule has 34 heavy (non-hydrogen) atoms. The number of likely N-dealkylation sites (N-methyl/N-ethyl adjacent to an activating group) is 1. The first-order chi connectivity index (χ1) is 16.5. The molecule has 0 aliphatic carbocycles. The standard InChI is InChI=1S/C25H32IN3O5/c1-27(11-13-33-2)9-10-28-17-19-5-3-4-6-23(19)29(18-24(28)31)25(32)22-8-7-21(34-14-12-30)15-20(22)16-26/h3-8,15,30H,9-14,16-18H2,1-2H3. The molecule has 2 aromatic rings. The maximum absolute atomic E-state index is 13.7. The summed E-state index contributed by atoms with van der Waals surface area (Å²) in [7, 11) is 3.68. The number of nitrogens with zero attached hydrogens (tertiary/aromatic N) is 3. The second kappa shape index (κ2) is 13.0. The highest BCUT2D eigenvalue weighted by atomic mass is 127. The van der Waals surface area contributed by atoms with Crippen molar-refractivity contribution in [3.8, 4) is 5.75 Å². The second-order valence-electron chi connectivity index (χ2n) is 8.16. The number of hydrogen-bond donors (Lipinski definition) is 1. The molecule has 1 heterocycles. The summed E-state index contributed by atoms with van der Waals surface area (Å²) in [5.41, 5.74) is 3.07. The zero-order valence-corrected chi connectivity index (χ0v) is 21.9. The van der Waals surface area contributed by atoms with Crippen LogP contribution >= 0.6 is 22.6 Å². The average molecular weight is 581 g/mol. The molecule has 2 aromatic carbocycles. The molecule has 1 aliphatic rings. The number of hydrogen-bond acceptors (Lipinski definition) is 6. The van der Waals surface area contributed by atoms with Crippen molar-refractivity contribution in [3.63, 3.8) is 0 Å². The molecule has 0 bridgehead atoms. The Bertz CT molecular complexity index is 987. The number of anilines is 1. The molecule has 1 N–H and O–H groups in total. The first-order valence-corrected chi connectivity index (χ1v) is 12.8. The van der Waals surface area contributed by atoms with Crippen LogP contribution in [0.5, 0.6) is 5.75 Å². The van der Waals surface area contributed by atoms with Gasteiger partial charge in [-0.05, 0) is 42.4 Å². The van der Waals surface area contributed by atoms with Gasteiger partial charge in [-0.25, -0.2) is 0 Å². The molecule has 0 aromatic heterocycles. The lowest BCUT2D eigenvalue weighted by Crippen LogP contribution is -2.43. The van der Waals surface area contributed by atoms with Crippen molar-refractivity contribution < 1.29 is 24.2 Å². The number of amides is 2. The lowest BCUT2D eigenvalue weighted by atomic mass is 10.1. The molecule has 8 nitrogen and oxygen atoms in total. The first kappa shape index (κ1) is 26.4. The maximum Gasteiger partial charge on any atom is 0.259 e. The van der Waals surface area contributed by atoms with Gasteiger partial charge in [0, 0.05) is 49.0 Å². The van der Waals surface area contributed by atoms with Gasteiger partial charge < -0.3 is 24.4 Å². The molecule has 0 saturated carbocycles.